The number of hydrogen-bond donors (Lipinski definition) is 0. The molecule has 1 fully saturated rings. The van der Waals surface area contributed by atoms with Crippen LogP contribution in [0.4, 0.5) is 0 Å². The average molecular weight is 433 g/mol. The van der Waals surface area contributed by atoms with Gasteiger partial charge in [0.05, 0.1) is 0 Å². The summed E-state index contributed by atoms with van der Waals surface area (Å²) in [6.45, 7) is 0. The summed E-state index contributed by atoms with van der Waals surface area (Å²) in [6, 6.07) is 38.2. The molecule has 1 aliphatic rings. The first-order chi connectivity index (χ1) is 16.2. The lowest BCUT2D eigenvalue weighted by Crippen LogP contribution is -2.07. The number of hydrogen-bond acceptors (Lipinski definition) is 3. The van der Waals surface area contributed by atoms with Crippen LogP contribution in [0.2, 0.25) is 0 Å². The largest absolute Gasteiger partial charge is 0.356 e. The molecule has 3 heteroatoms. The standard InChI is InChI=1S/C15H12O2.C15H12O/c16-13(11-7-3-1-4-8-11)15-14(17-15)12-9-5-2-6-10-12;16-15(14-9-5-2-6-10-14)12-11-13-7-3-1-4-8-13/h1-10,14-15H;1-12H/b;12-11+/t14?,15-;/m0./s1. The van der Waals surface area contributed by atoms with Gasteiger partial charge in [-0.2, -0.15) is 0 Å². The highest BCUT2D eigenvalue weighted by molar-refractivity contribution is 6.06. The lowest BCUT2D eigenvalue weighted by molar-refractivity contribution is 0.0953. The van der Waals surface area contributed by atoms with Crippen molar-refractivity contribution < 1.29 is 14.3 Å². The van der Waals surface area contributed by atoms with Crippen LogP contribution < -0.4 is 0 Å². The van der Waals surface area contributed by atoms with Crippen LogP contribution in [0, 0.1) is 0 Å². The van der Waals surface area contributed by atoms with Crippen molar-refractivity contribution in [2.75, 3.05) is 0 Å². The van der Waals surface area contributed by atoms with E-state index in [1.54, 1.807) is 6.08 Å². The SMILES string of the molecule is O=C(/C=C/c1ccccc1)c1ccccc1.O=C(c1ccccc1)[C@@H]1OC1c1ccccc1. The van der Waals surface area contributed by atoms with Gasteiger partial charge in [0, 0.05) is 11.1 Å². The fourth-order valence-electron chi connectivity index (χ4n) is 3.41. The van der Waals surface area contributed by atoms with Gasteiger partial charge in [-0.25, -0.2) is 0 Å². The number of carbonyl (C=O) groups excluding carboxylic acids is 2. The minimum atomic E-state index is -0.306. The zero-order valence-corrected chi connectivity index (χ0v) is 18.1. The molecule has 2 atom stereocenters. The van der Waals surface area contributed by atoms with Gasteiger partial charge in [0.2, 0.25) is 0 Å². The Morgan fingerprint density at radius 1 is 0.606 bits per heavy atom. The van der Waals surface area contributed by atoms with Gasteiger partial charge in [0.15, 0.2) is 17.7 Å². The van der Waals surface area contributed by atoms with Crippen molar-refractivity contribution in [1.82, 2.24) is 0 Å². The first-order valence-corrected chi connectivity index (χ1v) is 10.8. The molecule has 0 saturated carbocycles. The minimum Gasteiger partial charge on any atom is -0.356 e. The molecule has 5 rings (SSSR count). The molecule has 162 valence electrons. The third-order valence-corrected chi connectivity index (χ3v) is 5.22. The van der Waals surface area contributed by atoms with Gasteiger partial charge in [-0.05, 0) is 17.2 Å². The summed E-state index contributed by atoms with van der Waals surface area (Å²) < 4.78 is 5.47. The van der Waals surface area contributed by atoms with E-state index < -0.39 is 0 Å². The Hall–Kier alpha value is -4.08. The molecule has 3 nitrogen and oxygen atoms in total. The van der Waals surface area contributed by atoms with E-state index in [0.717, 1.165) is 22.3 Å². The van der Waals surface area contributed by atoms with E-state index in [-0.39, 0.29) is 23.8 Å². The molecule has 0 bridgehead atoms. The Morgan fingerprint density at radius 3 is 1.67 bits per heavy atom. The molecule has 4 aromatic rings. The Balaban J connectivity index is 0.000000157. The van der Waals surface area contributed by atoms with Crippen LogP contribution in [0.5, 0.6) is 0 Å². The molecule has 33 heavy (non-hydrogen) atoms. The summed E-state index contributed by atoms with van der Waals surface area (Å²) >= 11 is 0. The van der Waals surface area contributed by atoms with Gasteiger partial charge in [-0.1, -0.05) is 127 Å². The number of ether oxygens (including phenoxy) is 1. The molecule has 1 saturated heterocycles. The van der Waals surface area contributed by atoms with Gasteiger partial charge in [0.1, 0.15) is 6.10 Å². The van der Waals surface area contributed by atoms with Crippen LogP contribution in [-0.4, -0.2) is 17.7 Å². The molecule has 1 heterocycles. The van der Waals surface area contributed by atoms with Crippen LogP contribution >= 0.6 is 0 Å². The third kappa shape index (κ3) is 6.22. The molecule has 0 N–H and O–H groups in total. The number of epoxide rings is 1. The molecule has 1 unspecified atom stereocenters. The van der Waals surface area contributed by atoms with Crippen molar-refractivity contribution >= 4 is 17.6 Å². The van der Waals surface area contributed by atoms with Gasteiger partial charge in [0.25, 0.3) is 0 Å². The predicted octanol–water partition coefficient (Wildman–Crippen LogP) is 6.59. The van der Waals surface area contributed by atoms with E-state index >= 15 is 0 Å². The quantitative estimate of drug-likeness (QED) is 0.196. The topological polar surface area (TPSA) is 46.7 Å². The summed E-state index contributed by atoms with van der Waals surface area (Å²) in [5.41, 5.74) is 3.54. The normalized spacial score (nSPS) is 16.5. The Bertz CT molecular complexity index is 1200. The molecule has 0 aliphatic carbocycles. The predicted molar refractivity (Wildman–Crippen MR) is 131 cm³/mol. The Kier molecular flexibility index (Phi) is 7.36. The molecule has 0 spiro atoms. The number of carbonyl (C=O) groups is 2. The second-order valence-electron chi connectivity index (χ2n) is 7.59. The van der Waals surface area contributed by atoms with Crippen molar-refractivity contribution in [2.24, 2.45) is 0 Å². The summed E-state index contributed by atoms with van der Waals surface area (Å²) in [6.07, 6.45) is 3.06. The lowest BCUT2D eigenvalue weighted by Gasteiger charge is -1.96. The maximum Gasteiger partial charge on any atom is 0.194 e. The Labute approximate surface area is 194 Å². The number of Topliss-reactive ketones (excluding diaryl/α,β-unsaturated/α-hetero) is 1. The van der Waals surface area contributed by atoms with Crippen molar-refractivity contribution in [3.05, 3.63) is 150 Å². The van der Waals surface area contributed by atoms with Gasteiger partial charge in [-0.3, -0.25) is 9.59 Å². The Morgan fingerprint density at radius 2 is 1.09 bits per heavy atom. The van der Waals surface area contributed by atoms with Crippen LogP contribution in [0.1, 0.15) is 37.9 Å². The second-order valence-corrected chi connectivity index (χ2v) is 7.59. The number of rotatable bonds is 6. The molecule has 4 aromatic carbocycles. The van der Waals surface area contributed by atoms with Crippen LogP contribution in [0.3, 0.4) is 0 Å². The first kappa shape index (κ1) is 22.1. The van der Waals surface area contributed by atoms with Crippen molar-refractivity contribution in [3.63, 3.8) is 0 Å². The van der Waals surface area contributed by atoms with E-state index in [9.17, 15) is 9.59 Å². The highest BCUT2D eigenvalue weighted by Gasteiger charge is 2.45. The van der Waals surface area contributed by atoms with Crippen LogP contribution in [-0.2, 0) is 4.74 Å². The summed E-state index contributed by atoms with van der Waals surface area (Å²) in [7, 11) is 0. The fraction of sp³-hybridized carbons (Fsp3) is 0.0667. The van der Waals surface area contributed by atoms with Crippen LogP contribution in [0.15, 0.2) is 127 Å². The average Bonchev–Trinajstić information content (AvgIpc) is 3.70. The molecule has 0 radical (unpaired) electrons. The highest BCUT2D eigenvalue weighted by Crippen LogP contribution is 2.40. The zero-order valence-electron chi connectivity index (χ0n) is 18.1. The van der Waals surface area contributed by atoms with Gasteiger partial charge < -0.3 is 4.74 Å². The van der Waals surface area contributed by atoms with E-state index in [4.69, 9.17) is 4.74 Å². The summed E-state index contributed by atoms with van der Waals surface area (Å²) in [5.74, 6) is 0.101. The van der Waals surface area contributed by atoms with E-state index in [2.05, 4.69) is 0 Å². The van der Waals surface area contributed by atoms with Gasteiger partial charge in [-0.15, -0.1) is 0 Å². The second kappa shape index (κ2) is 11.0. The van der Waals surface area contributed by atoms with E-state index in [0.29, 0.717) is 0 Å². The zero-order chi connectivity index (χ0) is 22.9. The molecule has 0 aromatic heterocycles. The van der Waals surface area contributed by atoms with Crippen molar-refractivity contribution in [2.45, 2.75) is 12.2 Å². The maximum atomic E-state index is 12.1. The summed E-state index contributed by atoms with van der Waals surface area (Å²) in [5, 5.41) is 0. The maximum absolute atomic E-state index is 12.1. The smallest absolute Gasteiger partial charge is 0.194 e. The number of allylic oxidation sites excluding steroid dienone is 1. The van der Waals surface area contributed by atoms with Crippen LogP contribution in [0.25, 0.3) is 6.08 Å². The monoisotopic (exact) mass is 432 g/mol. The molecular weight excluding hydrogens is 408 g/mol. The van der Waals surface area contributed by atoms with Crippen molar-refractivity contribution in [1.29, 1.82) is 0 Å². The highest BCUT2D eigenvalue weighted by atomic mass is 16.6. The molecular formula is C30H24O3. The summed E-state index contributed by atoms with van der Waals surface area (Å²) in [4.78, 5) is 23.8. The van der Waals surface area contributed by atoms with E-state index in [1.165, 1.54) is 0 Å². The third-order valence-electron chi connectivity index (χ3n) is 5.22. The number of ketones is 2. The lowest BCUT2D eigenvalue weighted by atomic mass is 10.0. The minimum absolute atomic E-state index is 0.0319. The van der Waals surface area contributed by atoms with Gasteiger partial charge >= 0.3 is 0 Å². The number of benzene rings is 4. The first-order valence-electron chi connectivity index (χ1n) is 10.8. The molecule has 1 aliphatic heterocycles. The molecule has 0 amide bonds. The van der Waals surface area contributed by atoms with Crippen molar-refractivity contribution in [3.8, 4) is 0 Å². The fourth-order valence-corrected chi connectivity index (χ4v) is 3.41. The van der Waals surface area contributed by atoms with E-state index in [1.807, 2.05) is 127 Å².